The quantitative estimate of drug-likeness (QED) is 0.0311. The normalized spacial score (nSPS) is 11.4. The molecule has 0 aliphatic rings. The van der Waals surface area contributed by atoms with Gasteiger partial charge in [0.2, 0.25) is 0 Å². The molecule has 9 aromatic rings. The zero-order valence-electron chi connectivity index (χ0n) is 56.8. The first-order valence-electron chi connectivity index (χ1n) is 30.7. The lowest BCUT2D eigenvalue weighted by molar-refractivity contribution is 0.0587. The van der Waals surface area contributed by atoms with Gasteiger partial charge in [-0.3, -0.25) is 0 Å². The summed E-state index contributed by atoms with van der Waals surface area (Å²) in [4.78, 5) is 40.8. The predicted octanol–water partition coefficient (Wildman–Crippen LogP) is 16.4. The summed E-state index contributed by atoms with van der Waals surface area (Å²) in [5.41, 5.74) is 7.55. The first kappa shape index (κ1) is 72.0. The summed E-state index contributed by atoms with van der Waals surface area (Å²) in [6.45, 7) is 23.0. The molecule has 0 heterocycles. The van der Waals surface area contributed by atoms with Crippen LogP contribution in [0.5, 0.6) is 28.7 Å². The number of aryl methyl sites for hydroxylation is 4. The number of carbonyl (C=O) groups is 3. The first-order valence-corrected chi connectivity index (χ1v) is 36.5. The minimum Gasteiger partial charge on any atom is -0.533 e. The van der Waals surface area contributed by atoms with Gasteiger partial charge in [-0.1, -0.05) is 205 Å². The zero-order chi connectivity index (χ0) is 67.7. The van der Waals surface area contributed by atoms with E-state index in [2.05, 4.69) is 139 Å². The SMILES string of the molecule is COC(=O)c1c(C)cc(C)c(OC)c1CSc1ccccc1.COC(=O)c1c(O[Si](c2ccccc2)(c2ccccc2)C(C)(C)C)cc(C)c(OC)c1C.COC(=O)c1c(O[Si](c2ccccc2)(c2ccccc2)C(C)(C)C)cc(C)c(OC)c1CSc1ccccc1. The summed E-state index contributed by atoms with van der Waals surface area (Å²) in [7, 11) is 3.19. The van der Waals surface area contributed by atoms with Crippen LogP contribution in [0.15, 0.2) is 210 Å². The Balaban J connectivity index is 0.000000205. The van der Waals surface area contributed by atoms with E-state index >= 15 is 0 Å². The highest BCUT2D eigenvalue weighted by molar-refractivity contribution is 7.98. The molecule has 0 fully saturated rings. The highest BCUT2D eigenvalue weighted by Crippen LogP contribution is 2.45. The molecule has 9 rings (SSSR count). The molecule has 0 aliphatic heterocycles. The van der Waals surface area contributed by atoms with Crippen molar-refractivity contribution in [2.24, 2.45) is 0 Å². The van der Waals surface area contributed by atoms with Gasteiger partial charge < -0.3 is 37.3 Å². The molecule has 0 spiro atoms. The molecule has 486 valence electrons. The lowest BCUT2D eigenvalue weighted by Crippen LogP contribution is -2.69. The Bertz CT molecular complexity index is 3870. The zero-order valence-corrected chi connectivity index (χ0v) is 60.4. The molecule has 11 nitrogen and oxygen atoms in total. The van der Waals surface area contributed by atoms with Crippen molar-refractivity contribution in [1.82, 2.24) is 0 Å². The van der Waals surface area contributed by atoms with E-state index in [1.54, 1.807) is 44.9 Å². The van der Waals surface area contributed by atoms with Crippen molar-refractivity contribution in [3.05, 3.63) is 256 Å². The third-order valence-corrected chi connectivity index (χ3v) is 28.3. The number of thioether (sulfide) groups is 2. The van der Waals surface area contributed by atoms with Gasteiger partial charge in [0.15, 0.2) is 0 Å². The maximum absolute atomic E-state index is 13.5. The van der Waals surface area contributed by atoms with Gasteiger partial charge >= 0.3 is 34.5 Å². The fourth-order valence-electron chi connectivity index (χ4n) is 12.2. The van der Waals surface area contributed by atoms with Gasteiger partial charge in [-0.25, -0.2) is 14.4 Å². The molecule has 0 amide bonds. The molecule has 0 saturated heterocycles. The van der Waals surface area contributed by atoms with E-state index in [0.717, 1.165) is 69.7 Å². The fourth-order valence-corrected chi connectivity index (χ4v) is 22.9. The molecule has 93 heavy (non-hydrogen) atoms. The molecule has 0 aromatic heterocycles. The van der Waals surface area contributed by atoms with Crippen LogP contribution in [0.1, 0.15) is 112 Å². The van der Waals surface area contributed by atoms with Crippen LogP contribution in [0.25, 0.3) is 0 Å². The molecule has 0 bridgehead atoms. The molecule has 0 aliphatic carbocycles. The van der Waals surface area contributed by atoms with Gasteiger partial charge in [0, 0.05) is 38.0 Å². The second kappa shape index (κ2) is 32.4. The van der Waals surface area contributed by atoms with Crippen molar-refractivity contribution in [1.29, 1.82) is 0 Å². The standard InChI is InChI=1S/C33H36O4SSi.C27H32O4Si.C18H20O3S/c1-24-22-29(30(32(34)36-6)28(31(24)35-5)23-38-25-16-10-7-11-17-25)37-39(33(2,3)4,26-18-12-8-13-19-26)27-20-14-9-15-21-27;1-19-18-23(24(26(28)30-7)20(2)25(19)29-6)31-32(27(3,4)5,21-14-10-8-11-15-21)22-16-12-9-13-17-22;1-12-10-13(2)17(20-3)15(16(12)18(19)21-4)11-22-14-8-6-5-7-9-14/h7-22H,23H2,1-6H3;8-18H,1-7H3;5-10H,11H2,1-4H3. The molecular weight excluding hydrogens is 1230 g/mol. The highest BCUT2D eigenvalue weighted by Gasteiger charge is 2.54. The molecule has 15 heteroatoms. The lowest BCUT2D eigenvalue weighted by atomic mass is 9.98. The van der Waals surface area contributed by atoms with E-state index in [9.17, 15) is 14.4 Å². The Hall–Kier alpha value is -8.48. The second-order valence-corrected chi connectivity index (χ2v) is 34.9. The number of carbonyl (C=O) groups excluding carboxylic acids is 3. The van der Waals surface area contributed by atoms with Crippen LogP contribution in [-0.4, -0.2) is 77.2 Å². The summed E-state index contributed by atoms with van der Waals surface area (Å²) in [5, 5.41) is 4.04. The van der Waals surface area contributed by atoms with Gasteiger partial charge in [0.1, 0.15) is 39.9 Å². The largest absolute Gasteiger partial charge is 0.533 e. The van der Waals surface area contributed by atoms with Crippen molar-refractivity contribution in [2.45, 2.75) is 108 Å². The molecule has 0 unspecified atom stereocenters. The molecule has 0 atom stereocenters. The minimum atomic E-state index is -3.00. The predicted molar refractivity (Wildman–Crippen MR) is 385 cm³/mol. The average molecular weight is 1320 g/mol. The van der Waals surface area contributed by atoms with Crippen molar-refractivity contribution < 1.29 is 51.7 Å². The van der Waals surface area contributed by atoms with Crippen LogP contribution >= 0.6 is 23.5 Å². The van der Waals surface area contributed by atoms with Crippen LogP contribution in [-0.2, 0) is 25.7 Å². The minimum absolute atomic E-state index is 0.231. The van der Waals surface area contributed by atoms with Crippen LogP contribution in [0.2, 0.25) is 10.1 Å². The number of hydrogen-bond acceptors (Lipinski definition) is 13. The monoisotopic (exact) mass is 1320 g/mol. The summed E-state index contributed by atoms with van der Waals surface area (Å²) in [6, 6.07) is 67.6. The summed E-state index contributed by atoms with van der Waals surface area (Å²) < 4.78 is 46.9. The molecule has 0 saturated carbocycles. The Labute approximate surface area is 561 Å². The van der Waals surface area contributed by atoms with E-state index < -0.39 is 28.6 Å². The highest BCUT2D eigenvalue weighted by atomic mass is 32.2. The van der Waals surface area contributed by atoms with Crippen LogP contribution in [0, 0.1) is 34.6 Å². The van der Waals surface area contributed by atoms with Gasteiger partial charge in [0.25, 0.3) is 0 Å². The summed E-state index contributed by atoms with van der Waals surface area (Å²) >= 11 is 3.32. The number of esters is 3. The second-order valence-electron chi connectivity index (χ2n) is 24.4. The summed E-state index contributed by atoms with van der Waals surface area (Å²) in [5.74, 6) is 3.14. The van der Waals surface area contributed by atoms with Crippen molar-refractivity contribution in [3.63, 3.8) is 0 Å². The Morgan fingerprint density at radius 3 is 0.957 bits per heavy atom. The third kappa shape index (κ3) is 16.1. The maximum Gasteiger partial charge on any atom is 0.342 e. The van der Waals surface area contributed by atoms with Crippen molar-refractivity contribution in [2.75, 3.05) is 42.7 Å². The van der Waals surface area contributed by atoms with Gasteiger partial charge in [0.05, 0.1) is 48.2 Å². The van der Waals surface area contributed by atoms with E-state index in [1.807, 2.05) is 138 Å². The molecule has 0 radical (unpaired) electrons. The third-order valence-electron chi connectivity index (χ3n) is 16.4. The van der Waals surface area contributed by atoms with Crippen molar-refractivity contribution >= 4 is 78.8 Å². The topological polar surface area (TPSA) is 125 Å². The molecule has 0 N–H and O–H groups in total. The van der Waals surface area contributed by atoms with Crippen LogP contribution in [0.4, 0.5) is 0 Å². The number of methoxy groups -OCH3 is 6. The Morgan fingerprint density at radius 1 is 0.355 bits per heavy atom. The van der Waals surface area contributed by atoms with E-state index in [1.165, 1.54) is 21.3 Å². The number of rotatable bonds is 20. The first-order chi connectivity index (χ1) is 44.5. The van der Waals surface area contributed by atoms with Gasteiger partial charge in [-0.05, 0) is 124 Å². The van der Waals surface area contributed by atoms with Crippen LogP contribution in [0.3, 0.4) is 0 Å². The number of hydrogen-bond donors (Lipinski definition) is 0. The lowest BCUT2D eigenvalue weighted by Gasteiger charge is -2.43. The van der Waals surface area contributed by atoms with Crippen molar-refractivity contribution in [3.8, 4) is 28.7 Å². The number of benzene rings is 9. The van der Waals surface area contributed by atoms with E-state index in [4.69, 9.17) is 37.3 Å². The smallest absolute Gasteiger partial charge is 0.342 e. The average Bonchev–Trinajstić information content (AvgIpc) is 0.747. The Morgan fingerprint density at radius 2 is 0.634 bits per heavy atom. The summed E-state index contributed by atoms with van der Waals surface area (Å²) in [6.07, 6.45) is 0. The Kier molecular flexibility index (Phi) is 25.1. The van der Waals surface area contributed by atoms with E-state index in [-0.39, 0.29) is 16.0 Å². The van der Waals surface area contributed by atoms with Gasteiger partial charge in [-0.2, -0.15) is 0 Å². The number of ether oxygens (including phenoxy) is 6. The van der Waals surface area contributed by atoms with E-state index in [0.29, 0.717) is 56.8 Å². The van der Waals surface area contributed by atoms with Crippen LogP contribution < -0.4 is 43.8 Å². The fraction of sp³-hybridized carbons (Fsp3) is 0.269. The van der Waals surface area contributed by atoms with Gasteiger partial charge in [-0.15, -0.1) is 23.5 Å². The molecular formula is C78H88O11S2Si2. The molecule has 9 aromatic carbocycles. The maximum atomic E-state index is 13.5.